The molecule has 0 aliphatic carbocycles. The Hall–Kier alpha value is -2.86. The van der Waals surface area contributed by atoms with Gasteiger partial charge in [-0.05, 0) is 42.7 Å². The van der Waals surface area contributed by atoms with Crippen LogP contribution in [-0.2, 0) is 14.4 Å². The van der Waals surface area contributed by atoms with Crippen molar-refractivity contribution in [3.8, 4) is 5.75 Å². The minimum absolute atomic E-state index is 0.148. The van der Waals surface area contributed by atoms with Gasteiger partial charge in [0.1, 0.15) is 11.7 Å². The van der Waals surface area contributed by atoms with Gasteiger partial charge in [0, 0.05) is 6.54 Å². The van der Waals surface area contributed by atoms with Crippen LogP contribution in [0.5, 0.6) is 5.75 Å². The van der Waals surface area contributed by atoms with E-state index in [0.29, 0.717) is 6.54 Å². The molecule has 2 amide bonds. The Morgan fingerprint density at radius 1 is 1.03 bits per heavy atom. The van der Waals surface area contributed by atoms with Gasteiger partial charge in [-0.1, -0.05) is 43.7 Å². The van der Waals surface area contributed by atoms with E-state index in [1.165, 1.54) is 4.90 Å². The third-order valence-electron chi connectivity index (χ3n) is 5.75. The second kappa shape index (κ2) is 7.87. The predicted octanol–water partition coefficient (Wildman–Crippen LogP) is 3.65. The third kappa shape index (κ3) is 3.27. The SMILES string of the molecule is CCCCN1C(=O)[C@H]2[C@H](ON(c3ccccc3C)[C@H]2c2ccc(OC)cc2)C1=O. The van der Waals surface area contributed by atoms with Crippen LogP contribution in [0.2, 0.25) is 0 Å². The van der Waals surface area contributed by atoms with Gasteiger partial charge >= 0.3 is 0 Å². The lowest BCUT2D eigenvalue weighted by Gasteiger charge is -2.29. The van der Waals surface area contributed by atoms with Gasteiger partial charge < -0.3 is 4.74 Å². The molecule has 2 aromatic carbocycles. The van der Waals surface area contributed by atoms with Crippen molar-refractivity contribution in [3.63, 3.8) is 0 Å². The number of hydrogen-bond acceptors (Lipinski definition) is 5. The van der Waals surface area contributed by atoms with Crippen LogP contribution in [0.15, 0.2) is 48.5 Å². The molecule has 2 aliphatic heterocycles. The first-order valence-corrected chi connectivity index (χ1v) is 10.1. The quantitative estimate of drug-likeness (QED) is 0.700. The standard InChI is InChI=1S/C23H26N2O4/c1-4-5-14-24-22(26)19-20(16-10-12-17(28-3)13-11-16)25(29-21(19)23(24)27)18-9-7-6-8-15(18)2/h6-13,19-21H,4-5,14H2,1-3H3/t19-,20+,21+/m1/s1. The van der Waals surface area contributed by atoms with Gasteiger partial charge in [-0.3, -0.25) is 19.3 Å². The van der Waals surface area contributed by atoms with Crippen molar-refractivity contribution in [2.24, 2.45) is 5.92 Å². The predicted molar refractivity (Wildman–Crippen MR) is 109 cm³/mol. The Morgan fingerprint density at radius 3 is 2.41 bits per heavy atom. The first-order valence-electron chi connectivity index (χ1n) is 10.1. The number of likely N-dealkylation sites (tertiary alicyclic amines) is 1. The average molecular weight is 394 g/mol. The summed E-state index contributed by atoms with van der Waals surface area (Å²) in [5.41, 5.74) is 2.80. The molecular formula is C23H26N2O4. The normalized spacial score (nSPS) is 23.6. The molecule has 4 rings (SSSR count). The molecule has 0 saturated carbocycles. The molecule has 2 saturated heterocycles. The Balaban J connectivity index is 1.75. The Kier molecular flexibility index (Phi) is 5.28. The van der Waals surface area contributed by atoms with E-state index in [1.807, 2.05) is 62.4 Å². The number of ether oxygens (including phenoxy) is 1. The summed E-state index contributed by atoms with van der Waals surface area (Å²) in [5.74, 6) is -0.203. The van der Waals surface area contributed by atoms with Crippen molar-refractivity contribution in [1.82, 2.24) is 4.90 Å². The van der Waals surface area contributed by atoms with Crippen LogP contribution in [0, 0.1) is 12.8 Å². The number of methoxy groups -OCH3 is 1. The van der Waals surface area contributed by atoms with Gasteiger partial charge in [0.15, 0.2) is 6.10 Å². The minimum atomic E-state index is -0.786. The fourth-order valence-electron chi connectivity index (χ4n) is 4.17. The number of rotatable bonds is 6. The summed E-state index contributed by atoms with van der Waals surface area (Å²) in [6, 6.07) is 15.1. The van der Waals surface area contributed by atoms with E-state index in [2.05, 4.69) is 0 Å². The number of imide groups is 1. The highest BCUT2D eigenvalue weighted by Gasteiger charge is 2.59. The molecule has 3 atom stereocenters. The average Bonchev–Trinajstić information content (AvgIpc) is 3.23. The fourth-order valence-corrected chi connectivity index (χ4v) is 4.17. The molecule has 6 heteroatoms. The monoisotopic (exact) mass is 394 g/mol. The topological polar surface area (TPSA) is 59.1 Å². The van der Waals surface area contributed by atoms with Crippen LogP contribution in [0.3, 0.4) is 0 Å². The zero-order chi connectivity index (χ0) is 20.5. The lowest BCUT2D eigenvalue weighted by atomic mass is 9.90. The highest BCUT2D eigenvalue weighted by Crippen LogP contribution is 2.47. The zero-order valence-electron chi connectivity index (χ0n) is 17.0. The highest BCUT2D eigenvalue weighted by atomic mass is 16.7. The second-order valence-corrected chi connectivity index (χ2v) is 7.56. The van der Waals surface area contributed by atoms with Crippen molar-refractivity contribution in [1.29, 1.82) is 0 Å². The molecule has 6 nitrogen and oxygen atoms in total. The molecule has 2 heterocycles. The van der Waals surface area contributed by atoms with Crippen molar-refractivity contribution in [3.05, 3.63) is 59.7 Å². The summed E-state index contributed by atoms with van der Waals surface area (Å²) >= 11 is 0. The molecule has 0 unspecified atom stereocenters. The van der Waals surface area contributed by atoms with Crippen LogP contribution in [0.4, 0.5) is 5.69 Å². The number of hydrogen-bond donors (Lipinski definition) is 0. The molecule has 29 heavy (non-hydrogen) atoms. The van der Waals surface area contributed by atoms with Gasteiger partial charge in [0.2, 0.25) is 5.91 Å². The summed E-state index contributed by atoms with van der Waals surface area (Å²) < 4.78 is 5.27. The molecule has 2 aliphatic rings. The Morgan fingerprint density at radius 2 is 1.76 bits per heavy atom. The molecule has 0 bridgehead atoms. The van der Waals surface area contributed by atoms with Crippen molar-refractivity contribution < 1.29 is 19.2 Å². The molecule has 0 radical (unpaired) electrons. The van der Waals surface area contributed by atoms with E-state index in [4.69, 9.17) is 9.57 Å². The number of fused-ring (bicyclic) bond motifs is 1. The lowest BCUT2D eigenvalue weighted by molar-refractivity contribution is -0.143. The molecular weight excluding hydrogens is 368 g/mol. The maximum absolute atomic E-state index is 13.2. The first kappa shape index (κ1) is 19.5. The van der Waals surface area contributed by atoms with Crippen LogP contribution in [0.25, 0.3) is 0 Å². The summed E-state index contributed by atoms with van der Waals surface area (Å²) in [7, 11) is 1.62. The number of amides is 2. The van der Waals surface area contributed by atoms with E-state index in [1.54, 1.807) is 12.2 Å². The number of anilines is 1. The van der Waals surface area contributed by atoms with Crippen molar-refractivity contribution >= 4 is 17.5 Å². The molecule has 152 valence electrons. The highest BCUT2D eigenvalue weighted by molar-refractivity contribution is 6.07. The number of para-hydroxylation sites is 1. The van der Waals surface area contributed by atoms with E-state index in [9.17, 15) is 9.59 Å². The van der Waals surface area contributed by atoms with Crippen molar-refractivity contribution in [2.75, 3.05) is 18.7 Å². The minimum Gasteiger partial charge on any atom is -0.497 e. The second-order valence-electron chi connectivity index (χ2n) is 7.56. The maximum atomic E-state index is 13.2. The van der Waals surface area contributed by atoms with Crippen molar-refractivity contribution in [2.45, 2.75) is 38.8 Å². The van der Waals surface area contributed by atoms with Crippen LogP contribution in [0.1, 0.15) is 36.9 Å². The van der Waals surface area contributed by atoms with Gasteiger partial charge in [-0.2, -0.15) is 0 Å². The van der Waals surface area contributed by atoms with Crippen LogP contribution in [-0.4, -0.2) is 36.5 Å². The first-order chi connectivity index (χ1) is 14.1. The van der Waals surface area contributed by atoms with Crippen LogP contribution >= 0.6 is 0 Å². The summed E-state index contributed by atoms with van der Waals surface area (Å²) in [6.45, 7) is 4.49. The van der Waals surface area contributed by atoms with E-state index >= 15 is 0 Å². The summed E-state index contributed by atoms with van der Waals surface area (Å²) in [6.07, 6.45) is 0.932. The molecule has 2 fully saturated rings. The Bertz CT molecular complexity index is 911. The number of unbranched alkanes of at least 4 members (excludes halogenated alkanes) is 1. The number of hydroxylamine groups is 1. The number of carbonyl (C=O) groups is 2. The lowest BCUT2D eigenvalue weighted by Crippen LogP contribution is -2.38. The van der Waals surface area contributed by atoms with Gasteiger partial charge in [0.25, 0.3) is 5.91 Å². The third-order valence-corrected chi connectivity index (χ3v) is 5.75. The smallest absolute Gasteiger partial charge is 0.261 e. The summed E-state index contributed by atoms with van der Waals surface area (Å²) in [4.78, 5) is 33.8. The van der Waals surface area contributed by atoms with E-state index < -0.39 is 12.0 Å². The molecule has 0 spiro atoms. The molecule has 2 aromatic rings. The summed E-state index contributed by atoms with van der Waals surface area (Å²) in [5, 5.41) is 1.75. The van der Waals surface area contributed by atoms with Gasteiger partial charge in [-0.25, -0.2) is 5.06 Å². The number of benzene rings is 2. The van der Waals surface area contributed by atoms with Gasteiger partial charge in [-0.15, -0.1) is 0 Å². The fraction of sp³-hybridized carbons (Fsp3) is 0.391. The maximum Gasteiger partial charge on any atom is 0.261 e. The Labute approximate surface area is 171 Å². The number of aryl methyl sites for hydroxylation is 1. The van der Waals surface area contributed by atoms with Crippen LogP contribution < -0.4 is 9.80 Å². The number of carbonyl (C=O) groups excluding carboxylic acids is 2. The van der Waals surface area contributed by atoms with E-state index in [-0.39, 0.29) is 17.9 Å². The zero-order valence-corrected chi connectivity index (χ0v) is 17.0. The molecule has 0 aromatic heterocycles. The number of nitrogens with zero attached hydrogens (tertiary/aromatic N) is 2. The molecule has 0 N–H and O–H groups in total. The van der Waals surface area contributed by atoms with Gasteiger partial charge in [0.05, 0.1) is 18.8 Å². The van der Waals surface area contributed by atoms with E-state index in [0.717, 1.165) is 35.4 Å². The largest absolute Gasteiger partial charge is 0.497 e.